The van der Waals surface area contributed by atoms with Crippen LogP contribution >= 0.6 is 23.9 Å². The first-order valence-electron chi connectivity index (χ1n) is 5.86. The Balaban J connectivity index is 1.78. The van der Waals surface area contributed by atoms with Gasteiger partial charge in [-0.05, 0) is 24.6 Å². The van der Waals surface area contributed by atoms with Crippen LogP contribution in [0.25, 0.3) is 0 Å². The summed E-state index contributed by atoms with van der Waals surface area (Å²) in [5, 5.41) is 5.58. The Kier molecular flexibility index (Phi) is 5.30. The maximum Gasteiger partial charge on any atom is 0.503 e. The van der Waals surface area contributed by atoms with Crippen LogP contribution in [0.2, 0.25) is 5.02 Å². The van der Waals surface area contributed by atoms with E-state index >= 15 is 0 Å². The molecule has 1 saturated heterocycles. The minimum absolute atomic E-state index is 0.120. The molecule has 1 aromatic rings. The van der Waals surface area contributed by atoms with E-state index in [2.05, 4.69) is 10.6 Å². The van der Waals surface area contributed by atoms with Gasteiger partial charge in [-0.25, -0.2) is 0 Å². The molecule has 0 atom stereocenters. The van der Waals surface area contributed by atoms with Gasteiger partial charge < -0.3 is 18.8 Å². The lowest BCUT2D eigenvalue weighted by molar-refractivity contribution is -0.119. The summed E-state index contributed by atoms with van der Waals surface area (Å²) in [5.41, 5.74) is 1.24. The smallest absolute Gasteiger partial charge is 0.356 e. The third kappa shape index (κ3) is 4.14. The van der Waals surface area contributed by atoms with Crippen molar-refractivity contribution in [1.82, 2.24) is 10.6 Å². The molecule has 0 unspecified atom stereocenters. The van der Waals surface area contributed by atoms with Crippen LogP contribution in [0.5, 0.6) is 0 Å². The van der Waals surface area contributed by atoms with Crippen LogP contribution in [0.15, 0.2) is 18.2 Å². The number of carbonyl (C=O) groups is 2. The zero-order chi connectivity index (χ0) is 14.5. The van der Waals surface area contributed by atoms with Crippen LogP contribution in [-0.4, -0.2) is 31.9 Å². The third-order valence-electron chi connectivity index (χ3n) is 2.61. The van der Waals surface area contributed by atoms with Gasteiger partial charge in [-0.3, -0.25) is 9.59 Å². The summed E-state index contributed by atoms with van der Waals surface area (Å²) >= 11 is 6.72. The van der Waals surface area contributed by atoms with Gasteiger partial charge in [0, 0.05) is 10.6 Å². The highest BCUT2D eigenvalue weighted by atomic mass is 35.5. The molecule has 1 aromatic carbocycles. The van der Waals surface area contributed by atoms with Crippen molar-refractivity contribution >= 4 is 42.9 Å². The first-order chi connectivity index (χ1) is 9.56. The molecule has 20 heavy (non-hydrogen) atoms. The standard InChI is InChI=1S/C11H12BClN2O4S/c1-7-2-3-8(13)4-9(7)11(17)14-5-10(16)15-6-12-18-20-19-12/h2-4H,5-6H2,1H3,(H,14,17)(H,15,16). The van der Waals surface area contributed by atoms with E-state index in [9.17, 15) is 9.59 Å². The molecule has 0 aliphatic carbocycles. The fourth-order valence-electron chi connectivity index (χ4n) is 1.52. The maximum absolute atomic E-state index is 11.9. The Morgan fingerprint density at radius 2 is 2.10 bits per heavy atom. The van der Waals surface area contributed by atoms with E-state index in [0.717, 1.165) is 17.9 Å². The molecule has 1 fully saturated rings. The van der Waals surface area contributed by atoms with Gasteiger partial charge in [-0.15, -0.1) is 0 Å². The van der Waals surface area contributed by atoms with E-state index in [4.69, 9.17) is 19.8 Å². The van der Waals surface area contributed by atoms with Crippen molar-refractivity contribution in [3.8, 4) is 0 Å². The molecule has 2 rings (SSSR count). The van der Waals surface area contributed by atoms with Crippen molar-refractivity contribution in [2.45, 2.75) is 6.92 Å². The van der Waals surface area contributed by atoms with Gasteiger partial charge in [0.05, 0.1) is 13.0 Å². The second-order valence-electron chi connectivity index (χ2n) is 4.14. The monoisotopic (exact) mass is 314 g/mol. The highest BCUT2D eigenvalue weighted by molar-refractivity contribution is 7.93. The number of carbonyl (C=O) groups excluding carboxylic acids is 2. The second kappa shape index (κ2) is 6.98. The molecular formula is C11H12BClN2O4S. The number of rotatable bonds is 5. The number of hydrogen-bond donors (Lipinski definition) is 2. The van der Waals surface area contributed by atoms with E-state index < -0.39 is 7.12 Å². The fraction of sp³-hybridized carbons (Fsp3) is 0.273. The Labute approximate surface area is 126 Å². The van der Waals surface area contributed by atoms with E-state index in [1.807, 2.05) is 0 Å². The molecule has 2 N–H and O–H groups in total. The summed E-state index contributed by atoms with van der Waals surface area (Å²) in [6.45, 7) is 1.68. The average molecular weight is 315 g/mol. The number of aryl methyl sites for hydroxylation is 1. The van der Waals surface area contributed by atoms with Crippen LogP contribution in [-0.2, 0) is 13.0 Å². The van der Waals surface area contributed by atoms with E-state index in [0.29, 0.717) is 10.6 Å². The first kappa shape index (κ1) is 15.2. The normalized spacial score (nSPS) is 13.6. The second-order valence-corrected chi connectivity index (χ2v) is 5.09. The summed E-state index contributed by atoms with van der Waals surface area (Å²) in [4.78, 5) is 23.4. The van der Waals surface area contributed by atoms with E-state index in [-0.39, 0.29) is 24.8 Å². The topological polar surface area (TPSA) is 76.7 Å². The largest absolute Gasteiger partial charge is 0.503 e. The predicted octanol–water partition coefficient (Wildman–Crippen LogP) is 1.13. The van der Waals surface area contributed by atoms with Crippen molar-refractivity contribution in [2.75, 3.05) is 13.0 Å². The Bertz CT molecular complexity index is 527. The molecule has 0 radical (unpaired) electrons. The zero-order valence-electron chi connectivity index (χ0n) is 10.6. The van der Waals surface area contributed by atoms with Gasteiger partial charge in [-0.2, -0.15) is 0 Å². The van der Waals surface area contributed by atoms with Crippen molar-refractivity contribution in [3.63, 3.8) is 0 Å². The Morgan fingerprint density at radius 1 is 1.35 bits per heavy atom. The van der Waals surface area contributed by atoms with Crippen molar-refractivity contribution in [1.29, 1.82) is 0 Å². The molecule has 0 spiro atoms. The SMILES string of the molecule is Cc1ccc(Cl)cc1C(=O)NCC(=O)NCB1OSO1. The third-order valence-corrected chi connectivity index (χ3v) is 3.43. The van der Waals surface area contributed by atoms with Crippen molar-refractivity contribution < 1.29 is 17.8 Å². The molecule has 106 valence electrons. The number of halogens is 1. The van der Waals surface area contributed by atoms with Gasteiger partial charge in [0.2, 0.25) is 5.91 Å². The minimum Gasteiger partial charge on any atom is -0.356 e. The molecule has 1 aliphatic rings. The summed E-state index contributed by atoms with van der Waals surface area (Å²) in [6, 6.07) is 5.02. The van der Waals surface area contributed by atoms with Gasteiger partial charge in [-0.1, -0.05) is 17.7 Å². The minimum atomic E-state index is -0.421. The molecule has 9 heteroatoms. The lowest BCUT2D eigenvalue weighted by Crippen LogP contribution is -2.44. The summed E-state index contributed by atoms with van der Waals surface area (Å²) in [5.74, 6) is -0.658. The molecule has 0 bridgehead atoms. The lowest BCUT2D eigenvalue weighted by atomic mass is 9.92. The number of hydrogen-bond acceptors (Lipinski definition) is 5. The average Bonchev–Trinajstić information content (AvgIpc) is 2.37. The van der Waals surface area contributed by atoms with Crippen LogP contribution < -0.4 is 10.6 Å². The fourth-order valence-corrected chi connectivity index (χ4v) is 2.02. The molecule has 1 aliphatic heterocycles. The van der Waals surface area contributed by atoms with Crippen molar-refractivity contribution in [3.05, 3.63) is 34.3 Å². The number of nitrogens with one attached hydrogen (secondary N) is 2. The Hall–Kier alpha value is -1.22. The van der Waals surface area contributed by atoms with Gasteiger partial charge in [0.15, 0.2) is 0 Å². The van der Waals surface area contributed by atoms with Crippen LogP contribution in [0.1, 0.15) is 15.9 Å². The Morgan fingerprint density at radius 3 is 2.75 bits per heavy atom. The van der Waals surface area contributed by atoms with Gasteiger partial charge >= 0.3 is 7.12 Å². The lowest BCUT2D eigenvalue weighted by Gasteiger charge is -2.19. The first-order valence-corrected chi connectivity index (χ1v) is 6.90. The predicted molar refractivity (Wildman–Crippen MR) is 77.0 cm³/mol. The zero-order valence-corrected chi connectivity index (χ0v) is 12.2. The van der Waals surface area contributed by atoms with Crippen LogP contribution in [0.3, 0.4) is 0 Å². The summed E-state index contributed by atoms with van der Waals surface area (Å²) in [7, 11) is -0.421. The highest BCUT2D eigenvalue weighted by Crippen LogP contribution is 2.20. The number of amides is 2. The number of benzene rings is 1. The summed E-state index contributed by atoms with van der Waals surface area (Å²) < 4.78 is 9.77. The molecular weight excluding hydrogens is 302 g/mol. The summed E-state index contributed by atoms with van der Waals surface area (Å²) in [6.07, 6.45) is 0.248. The maximum atomic E-state index is 11.9. The van der Waals surface area contributed by atoms with E-state index in [1.54, 1.807) is 25.1 Å². The molecule has 6 nitrogen and oxygen atoms in total. The molecule has 0 aromatic heterocycles. The highest BCUT2D eigenvalue weighted by Gasteiger charge is 2.29. The van der Waals surface area contributed by atoms with Gasteiger partial charge in [0.25, 0.3) is 5.91 Å². The van der Waals surface area contributed by atoms with Crippen molar-refractivity contribution in [2.24, 2.45) is 0 Å². The van der Waals surface area contributed by atoms with Crippen LogP contribution in [0, 0.1) is 6.92 Å². The quantitative estimate of drug-likeness (QED) is 0.629. The van der Waals surface area contributed by atoms with Gasteiger partial charge in [0.1, 0.15) is 12.3 Å². The molecule has 0 saturated carbocycles. The van der Waals surface area contributed by atoms with E-state index in [1.165, 1.54) is 0 Å². The molecule has 1 heterocycles. The van der Waals surface area contributed by atoms with Crippen LogP contribution in [0.4, 0.5) is 0 Å². The molecule has 2 amide bonds.